The van der Waals surface area contributed by atoms with Gasteiger partial charge in [0.1, 0.15) is 17.1 Å². The summed E-state index contributed by atoms with van der Waals surface area (Å²) < 4.78 is 12.1. The Bertz CT molecular complexity index is 1100. The minimum Gasteiger partial charge on any atom is -0.493 e. The van der Waals surface area contributed by atoms with Gasteiger partial charge in [-0.1, -0.05) is 18.2 Å². The number of anilines is 1. The number of hydrogen-bond acceptors (Lipinski definition) is 6. The van der Waals surface area contributed by atoms with Crippen LogP contribution in [-0.4, -0.2) is 72.0 Å². The van der Waals surface area contributed by atoms with E-state index in [1.54, 1.807) is 0 Å². The van der Waals surface area contributed by atoms with Crippen molar-refractivity contribution in [1.29, 1.82) is 0 Å². The van der Waals surface area contributed by atoms with Gasteiger partial charge in [-0.3, -0.25) is 4.90 Å². The first-order chi connectivity index (χ1) is 17.6. The molecule has 0 aromatic heterocycles. The number of carboxylic acids is 2. The summed E-state index contributed by atoms with van der Waals surface area (Å²) in [5.41, 5.74) is 3.49. The van der Waals surface area contributed by atoms with Gasteiger partial charge in [0.25, 0.3) is 0 Å². The van der Waals surface area contributed by atoms with Gasteiger partial charge in [-0.2, -0.15) is 0 Å². The maximum Gasteiger partial charge on any atom is 0.328 e. The lowest BCUT2D eigenvalue weighted by Crippen LogP contribution is -2.46. The van der Waals surface area contributed by atoms with Crippen molar-refractivity contribution in [1.82, 2.24) is 4.90 Å². The molecule has 2 aromatic carbocycles. The number of piperazine rings is 1. The molecule has 0 spiro atoms. The van der Waals surface area contributed by atoms with E-state index in [2.05, 4.69) is 79.1 Å². The summed E-state index contributed by atoms with van der Waals surface area (Å²) in [5, 5.41) is 15.6. The Morgan fingerprint density at radius 3 is 2.27 bits per heavy atom. The van der Waals surface area contributed by atoms with Gasteiger partial charge < -0.3 is 24.6 Å². The quantitative estimate of drug-likeness (QED) is 0.395. The van der Waals surface area contributed by atoms with Crippen molar-refractivity contribution in [2.45, 2.75) is 32.8 Å². The molecule has 0 atom stereocenters. The zero-order valence-electron chi connectivity index (χ0n) is 21.7. The zero-order chi connectivity index (χ0) is 26.8. The van der Waals surface area contributed by atoms with Gasteiger partial charge in [0.2, 0.25) is 0 Å². The van der Waals surface area contributed by atoms with Gasteiger partial charge in [-0.05, 0) is 63.1 Å². The second kappa shape index (κ2) is 13.0. The van der Waals surface area contributed by atoms with E-state index in [0.717, 1.165) is 62.8 Å². The van der Waals surface area contributed by atoms with Crippen LogP contribution < -0.4 is 14.4 Å². The number of ether oxygens (including phenoxy) is 2. The average molecular weight is 509 g/mol. The molecule has 198 valence electrons. The number of carboxylic acid groups (broad SMARTS) is 2. The Hall–Kier alpha value is -3.78. The molecule has 0 unspecified atom stereocenters. The highest BCUT2D eigenvalue weighted by atomic mass is 16.5. The third kappa shape index (κ3) is 8.99. The van der Waals surface area contributed by atoms with Crippen molar-refractivity contribution in [2.24, 2.45) is 0 Å². The fourth-order valence-electron chi connectivity index (χ4n) is 4.40. The lowest BCUT2D eigenvalue weighted by atomic mass is 9.96. The van der Waals surface area contributed by atoms with Crippen LogP contribution in [-0.2, 0) is 9.59 Å². The van der Waals surface area contributed by atoms with Crippen LogP contribution in [0, 0.1) is 0 Å². The number of hydrogen-bond donors (Lipinski definition) is 2. The van der Waals surface area contributed by atoms with Crippen LogP contribution in [0.1, 0.15) is 32.8 Å². The monoisotopic (exact) mass is 508 g/mol. The number of benzene rings is 2. The fraction of sp³-hybridized carbons (Fsp3) is 0.379. The van der Waals surface area contributed by atoms with E-state index < -0.39 is 11.9 Å². The molecule has 0 radical (unpaired) electrons. The van der Waals surface area contributed by atoms with E-state index in [9.17, 15) is 9.59 Å². The van der Waals surface area contributed by atoms with Crippen molar-refractivity contribution < 1.29 is 29.3 Å². The first-order valence-electron chi connectivity index (χ1n) is 12.4. The summed E-state index contributed by atoms with van der Waals surface area (Å²) in [7, 11) is 0. The molecule has 2 aliphatic heterocycles. The van der Waals surface area contributed by atoms with Crippen LogP contribution in [0.2, 0.25) is 0 Å². The highest BCUT2D eigenvalue weighted by Gasteiger charge is 2.25. The SMILES string of the molecule is CC1=CC(C)(C)Oc2cc(OCCCN3CCN(c4ccccc4)CC3)ccc21.O=C(O)/C=C/C(=O)O. The van der Waals surface area contributed by atoms with Crippen LogP contribution in [0.15, 0.2) is 66.8 Å². The maximum absolute atomic E-state index is 9.55. The smallest absolute Gasteiger partial charge is 0.328 e. The molecule has 0 saturated carbocycles. The molecule has 0 bridgehead atoms. The van der Waals surface area contributed by atoms with Crippen LogP contribution in [0.4, 0.5) is 5.69 Å². The first-order valence-corrected chi connectivity index (χ1v) is 12.4. The van der Waals surface area contributed by atoms with E-state index in [1.165, 1.54) is 11.3 Å². The molecular formula is C29H36N2O6. The Labute approximate surface area is 218 Å². The number of carbonyl (C=O) groups is 2. The van der Waals surface area contributed by atoms with Crippen LogP contribution in [0.3, 0.4) is 0 Å². The second-order valence-electron chi connectivity index (χ2n) is 9.57. The molecule has 2 aliphatic rings. The summed E-state index contributed by atoms with van der Waals surface area (Å²) in [5.74, 6) is -0.701. The summed E-state index contributed by atoms with van der Waals surface area (Å²) in [6.45, 7) is 12.5. The van der Waals surface area contributed by atoms with Crippen LogP contribution in [0.25, 0.3) is 5.57 Å². The van der Waals surface area contributed by atoms with Crippen molar-refractivity contribution in [3.63, 3.8) is 0 Å². The number of allylic oxidation sites excluding steroid dienone is 1. The van der Waals surface area contributed by atoms with E-state index in [-0.39, 0.29) is 5.60 Å². The van der Waals surface area contributed by atoms with Crippen molar-refractivity contribution in [2.75, 3.05) is 44.2 Å². The zero-order valence-corrected chi connectivity index (χ0v) is 21.7. The summed E-state index contributed by atoms with van der Waals surface area (Å²) in [6.07, 6.45) is 4.33. The topological polar surface area (TPSA) is 99.5 Å². The number of rotatable bonds is 8. The normalized spacial score (nSPS) is 16.6. The summed E-state index contributed by atoms with van der Waals surface area (Å²) in [6, 6.07) is 16.9. The molecule has 0 amide bonds. The standard InChI is InChI=1S/C25H32N2O2.C4H4O4/c1-20-19-25(2,3)29-24-18-22(10-11-23(20)24)28-17-7-12-26-13-15-27(16-14-26)21-8-5-4-6-9-21;5-3(6)1-2-4(7)8/h4-6,8-11,18-19H,7,12-17H2,1-3H3;1-2H,(H,5,6)(H,7,8)/b;2-1+. The largest absolute Gasteiger partial charge is 0.493 e. The molecule has 8 heteroatoms. The highest BCUT2D eigenvalue weighted by molar-refractivity contribution is 5.89. The predicted octanol–water partition coefficient (Wildman–Crippen LogP) is 4.56. The van der Waals surface area contributed by atoms with Gasteiger partial charge in [0.05, 0.1) is 6.61 Å². The summed E-state index contributed by atoms with van der Waals surface area (Å²) in [4.78, 5) is 24.1. The van der Waals surface area contributed by atoms with Crippen LogP contribution >= 0.6 is 0 Å². The third-order valence-electron chi connectivity index (χ3n) is 6.06. The predicted molar refractivity (Wildman–Crippen MR) is 144 cm³/mol. The molecule has 2 aromatic rings. The third-order valence-corrected chi connectivity index (χ3v) is 6.06. The number of para-hydroxylation sites is 1. The molecule has 0 aliphatic carbocycles. The molecule has 37 heavy (non-hydrogen) atoms. The van der Waals surface area contributed by atoms with E-state index >= 15 is 0 Å². The van der Waals surface area contributed by atoms with Gasteiger partial charge in [0, 0.05) is 62.2 Å². The molecule has 2 N–H and O–H groups in total. The van der Waals surface area contributed by atoms with Gasteiger partial charge in [0.15, 0.2) is 0 Å². The lowest BCUT2D eigenvalue weighted by molar-refractivity contribution is -0.134. The van der Waals surface area contributed by atoms with Crippen molar-refractivity contribution >= 4 is 23.2 Å². The highest BCUT2D eigenvalue weighted by Crippen LogP contribution is 2.37. The number of fused-ring (bicyclic) bond motifs is 1. The second-order valence-corrected chi connectivity index (χ2v) is 9.57. The number of nitrogens with zero attached hydrogens (tertiary/aromatic N) is 2. The van der Waals surface area contributed by atoms with Gasteiger partial charge in [-0.15, -0.1) is 0 Å². The molecule has 1 saturated heterocycles. The Morgan fingerprint density at radius 1 is 1.00 bits per heavy atom. The van der Waals surface area contributed by atoms with Gasteiger partial charge >= 0.3 is 11.9 Å². The molecule has 2 heterocycles. The fourth-order valence-corrected chi connectivity index (χ4v) is 4.40. The Balaban J connectivity index is 0.000000414. The Kier molecular flexibility index (Phi) is 9.74. The maximum atomic E-state index is 9.55. The van der Waals surface area contributed by atoms with Crippen molar-refractivity contribution in [3.05, 3.63) is 72.3 Å². The average Bonchev–Trinajstić information content (AvgIpc) is 2.86. The van der Waals surface area contributed by atoms with Crippen LogP contribution in [0.5, 0.6) is 11.5 Å². The molecular weight excluding hydrogens is 472 g/mol. The lowest BCUT2D eigenvalue weighted by Gasteiger charge is -2.36. The Morgan fingerprint density at radius 2 is 1.65 bits per heavy atom. The van der Waals surface area contributed by atoms with E-state index in [1.807, 2.05) is 6.07 Å². The first kappa shape index (κ1) is 27.8. The molecule has 4 rings (SSSR count). The van der Waals surface area contributed by atoms with E-state index in [4.69, 9.17) is 19.7 Å². The van der Waals surface area contributed by atoms with Crippen molar-refractivity contribution in [3.8, 4) is 11.5 Å². The van der Waals surface area contributed by atoms with E-state index in [0.29, 0.717) is 12.2 Å². The minimum atomic E-state index is -1.26. The number of aliphatic carboxylic acids is 2. The molecule has 1 fully saturated rings. The molecule has 8 nitrogen and oxygen atoms in total. The van der Waals surface area contributed by atoms with Gasteiger partial charge in [-0.25, -0.2) is 9.59 Å². The minimum absolute atomic E-state index is 0.266. The summed E-state index contributed by atoms with van der Waals surface area (Å²) >= 11 is 0.